The van der Waals surface area contributed by atoms with Gasteiger partial charge in [-0.25, -0.2) is 0 Å². The normalized spacial score (nSPS) is 13.7. The topological polar surface area (TPSA) is 61.3 Å². The predicted octanol–water partition coefficient (Wildman–Crippen LogP) is -1.38. The van der Waals surface area contributed by atoms with Crippen molar-refractivity contribution in [2.24, 2.45) is 10.8 Å². The van der Waals surface area contributed by atoms with Crippen molar-refractivity contribution in [1.29, 1.82) is 0 Å². The van der Waals surface area contributed by atoms with E-state index in [0.717, 1.165) is 0 Å². The maximum absolute atomic E-state index is 5.38. The number of hydrogen-bond donors (Lipinski definition) is 2. The summed E-state index contributed by atoms with van der Waals surface area (Å²) in [5, 5.41) is 10.8. The Balaban J connectivity index is 3.15. The zero-order valence-electron chi connectivity index (χ0n) is 4.77. The van der Waals surface area contributed by atoms with E-state index >= 15 is 0 Å². The lowest BCUT2D eigenvalue weighted by Crippen LogP contribution is -2.56. The molecule has 0 heterocycles. The van der Waals surface area contributed by atoms with E-state index in [9.17, 15) is 0 Å². The minimum absolute atomic E-state index is 0.378. The molecular formula is C2H12N2OSi2. The molecule has 0 fully saturated rings. The quantitative estimate of drug-likeness (QED) is 0.460. The van der Waals surface area contributed by atoms with Gasteiger partial charge in [0.2, 0.25) is 0 Å². The Bertz CT molecular complexity index is 52.1. The van der Waals surface area contributed by atoms with Gasteiger partial charge in [0.15, 0.2) is 0 Å². The summed E-state index contributed by atoms with van der Waals surface area (Å²) in [6.07, 6.45) is 0. The second kappa shape index (κ2) is 2.58. The molecule has 0 radical (unpaired) electrons. The van der Waals surface area contributed by atoms with Crippen molar-refractivity contribution in [2.75, 3.05) is 0 Å². The molecule has 0 amide bonds. The highest BCUT2D eigenvalue weighted by atomic mass is 28.4. The molecule has 4 N–H and O–H groups in total. The highest BCUT2D eigenvalue weighted by Gasteiger charge is 2.14. The molecule has 0 aliphatic carbocycles. The third kappa shape index (κ3) is 6.31. The van der Waals surface area contributed by atoms with Gasteiger partial charge in [0.05, 0.1) is 0 Å². The average Bonchev–Trinajstić information content (AvgIpc) is 1.30. The lowest BCUT2D eigenvalue weighted by Gasteiger charge is -2.13. The number of hydrogen-bond acceptors (Lipinski definition) is 3. The van der Waals surface area contributed by atoms with Crippen LogP contribution in [0.3, 0.4) is 0 Å². The fraction of sp³-hybridized carbons (Fsp3) is 1.00. The second-order valence-corrected chi connectivity index (χ2v) is 5.72. The first kappa shape index (κ1) is 7.31. The molecular weight excluding hydrogens is 124 g/mol. The van der Waals surface area contributed by atoms with Gasteiger partial charge in [0.25, 0.3) is 0 Å². The molecule has 5 heteroatoms. The summed E-state index contributed by atoms with van der Waals surface area (Å²) in [6, 6.07) is 0. The van der Waals surface area contributed by atoms with Crippen LogP contribution in [-0.4, -0.2) is 18.4 Å². The summed E-state index contributed by atoms with van der Waals surface area (Å²) in [6.45, 7) is 3.80. The monoisotopic (exact) mass is 136 g/mol. The van der Waals surface area contributed by atoms with Crippen LogP contribution in [-0.2, 0) is 4.12 Å². The average molecular weight is 136 g/mol. The minimum Gasteiger partial charge on any atom is -0.440 e. The Labute approximate surface area is 47.3 Å². The zero-order valence-corrected chi connectivity index (χ0v) is 7.18. The maximum atomic E-state index is 5.38. The molecule has 0 aliphatic rings. The summed E-state index contributed by atoms with van der Waals surface area (Å²) in [7, 11) is -2.47. The molecule has 3 nitrogen and oxygen atoms in total. The summed E-state index contributed by atoms with van der Waals surface area (Å²) in [5.74, 6) is 0. The van der Waals surface area contributed by atoms with Crippen LogP contribution < -0.4 is 10.8 Å². The van der Waals surface area contributed by atoms with Crippen molar-refractivity contribution in [3.8, 4) is 0 Å². The number of nitrogens with two attached hydrogens (primary N) is 2. The van der Waals surface area contributed by atoms with E-state index in [2.05, 4.69) is 0 Å². The molecule has 7 heavy (non-hydrogen) atoms. The molecule has 0 bridgehead atoms. The van der Waals surface area contributed by atoms with Crippen molar-refractivity contribution in [2.45, 2.75) is 13.1 Å². The largest absolute Gasteiger partial charge is 0.440 e. The third-order valence-corrected chi connectivity index (χ3v) is 4.10. The van der Waals surface area contributed by atoms with Gasteiger partial charge >= 0.3 is 8.64 Å². The van der Waals surface area contributed by atoms with Gasteiger partial charge in [-0.15, -0.1) is 0 Å². The molecule has 0 saturated heterocycles. The first-order chi connectivity index (χ1) is 3.06. The van der Waals surface area contributed by atoms with Gasteiger partial charge in [0, 0.05) is 0 Å². The highest BCUT2D eigenvalue weighted by molar-refractivity contribution is 6.70. The highest BCUT2D eigenvalue weighted by Crippen LogP contribution is 1.79. The van der Waals surface area contributed by atoms with E-state index in [1.807, 2.05) is 6.55 Å². The molecule has 44 valence electrons. The molecule has 0 rings (SSSR count). The Morgan fingerprint density at radius 3 is 2.00 bits per heavy atom. The second-order valence-electron chi connectivity index (χ2n) is 1.62. The van der Waals surface area contributed by atoms with Crippen LogP contribution in [0.1, 0.15) is 0 Å². The molecule has 0 aromatic heterocycles. The SMILES string of the molecule is C[SiH2]O[Si](C)(N)N. The van der Waals surface area contributed by atoms with Crippen LogP contribution in [0.4, 0.5) is 0 Å². The fourth-order valence-electron chi connectivity index (χ4n) is 0.311. The van der Waals surface area contributed by atoms with Gasteiger partial charge < -0.3 is 14.9 Å². The van der Waals surface area contributed by atoms with E-state index in [0.29, 0.717) is 0 Å². The first-order valence-corrected chi connectivity index (χ1v) is 6.83. The van der Waals surface area contributed by atoms with Crippen molar-refractivity contribution < 1.29 is 4.12 Å². The molecule has 0 unspecified atom stereocenters. The molecule has 0 aromatic carbocycles. The Morgan fingerprint density at radius 1 is 1.57 bits per heavy atom. The van der Waals surface area contributed by atoms with Crippen LogP contribution in [0, 0.1) is 0 Å². The van der Waals surface area contributed by atoms with Gasteiger partial charge in [-0.3, -0.25) is 0 Å². The van der Waals surface area contributed by atoms with Crippen LogP contribution in [0.5, 0.6) is 0 Å². The summed E-state index contributed by atoms with van der Waals surface area (Å²) in [5.41, 5.74) is 0. The summed E-state index contributed by atoms with van der Waals surface area (Å²) in [4.78, 5) is 0. The molecule has 0 aromatic rings. The maximum Gasteiger partial charge on any atom is 0.332 e. The van der Waals surface area contributed by atoms with E-state index in [1.165, 1.54) is 0 Å². The van der Waals surface area contributed by atoms with Crippen molar-refractivity contribution in [1.82, 2.24) is 0 Å². The van der Waals surface area contributed by atoms with Gasteiger partial charge in [-0.05, 0) is 6.55 Å². The fourth-order valence-corrected chi connectivity index (χ4v) is 2.80. The molecule has 0 atom stereocenters. The number of rotatable bonds is 2. The van der Waals surface area contributed by atoms with Crippen molar-refractivity contribution >= 4 is 18.4 Å². The summed E-state index contributed by atoms with van der Waals surface area (Å²) >= 11 is 0. The molecule has 0 spiro atoms. The predicted molar refractivity (Wildman–Crippen MR) is 35.5 cm³/mol. The van der Waals surface area contributed by atoms with Crippen LogP contribution >= 0.6 is 0 Å². The smallest absolute Gasteiger partial charge is 0.332 e. The zero-order chi connectivity index (χ0) is 5.91. The summed E-state index contributed by atoms with van der Waals surface area (Å²) < 4.78 is 5.06. The van der Waals surface area contributed by atoms with Crippen LogP contribution in [0.25, 0.3) is 0 Å². The van der Waals surface area contributed by atoms with Crippen LogP contribution in [0.2, 0.25) is 13.1 Å². The van der Waals surface area contributed by atoms with E-state index in [4.69, 9.17) is 14.9 Å². The molecule has 0 saturated carbocycles. The third-order valence-electron chi connectivity index (χ3n) is 0.455. The van der Waals surface area contributed by atoms with Gasteiger partial charge in [0.1, 0.15) is 9.76 Å². The van der Waals surface area contributed by atoms with Crippen molar-refractivity contribution in [3.63, 3.8) is 0 Å². The Kier molecular flexibility index (Phi) is 2.69. The van der Waals surface area contributed by atoms with Crippen LogP contribution in [0.15, 0.2) is 0 Å². The van der Waals surface area contributed by atoms with Gasteiger partial charge in [-0.2, -0.15) is 0 Å². The first-order valence-electron chi connectivity index (χ1n) is 2.28. The lowest BCUT2D eigenvalue weighted by atomic mass is 11.9. The Hall–Kier alpha value is 0.314. The van der Waals surface area contributed by atoms with Gasteiger partial charge in [-0.1, -0.05) is 6.55 Å². The van der Waals surface area contributed by atoms with E-state index < -0.39 is 8.64 Å². The molecule has 0 aliphatic heterocycles. The van der Waals surface area contributed by atoms with Crippen molar-refractivity contribution in [3.05, 3.63) is 0 Å². The standard InChI is InChI=1S/C2H12N2OSi2/c1-6-5-7(2,3)4/h3-4,6H2,1-2H3. The van der Waals surface area contributed by atoms with E-state index in [-0.39, 0.29) is 9.76 Å². The lowest BCUT2D eigenvalue weighted by molar-refractivity contribution is 0.587. The minimum atomic E-state index is -2.10. The van der Waals surface area contributed by atoms with E-state index in [1.54, 1.807) is 6.55 Å². The Morgan fingerprint density at radius 2 is 2.00 bits per heavy atom.